The predicted octanol–water partition coefficient (Wildman–Crippen LogP) is 1.26. The van der Waals surface area contributed by atoms with Crippen molar-refractivity contribution in [3.8, 4) is 6.07 Å². The predicted molar refractivity (Wildman–Crippen MR) is 55.8 cm³/mol. The average Bonchev–Trinajstić information content (AvgIpc) is 2.63. The first-order chi connectivity index (χ1) is 7.14. The first-order valence-corrected chi connectivity index (χ1v) is 4.84. The summed E-state index contributed by atoms with van der Waals surface area (Å²) in [5.74, 6) is -0.264. The molecular weight excluding hydrogens is 193 g/mol. The molecule has 1 unspecified atom stereocenters. The highest BCUT2D eigenvalue weighted by Gasteiger charge is 2.35. The summed E-state index contributed by atoms with van der Waals surface area (Å²) >= 11 is 0. The lowest BCUT2D eigenvalue weighted by molar-refractivity contribution is 0.600. The van der Waals surface area contributed by atoms with E-state index in [0.717, 1.165) is 0 Å². The third-order valence-corrected chi connectivity index (χ3v) is 2.72. The third kappa shape index (κ3) is 1.79. The van der Waals surface area contributed by atoms with Crippen molar-refractivity contribution in [3.63, 3.8) is 0 Å². The van der Waals surface area contributed by atoms with Crippen molar-refractivity contribution >= 4 is 5.69 Å². The lowest BCUT2D eigenvalue weighted by atomic mass is 10.0. The van der Waals surface area contributed by atoms with Gasteiger partial charge in [-0.15, -0.1) is 0 Å². The highest BCUT2D eigenvalue weighted by molar-refractivity contribution is 5.50. The number of hydrogen-bond donors (Lipinski definition) is 1. The Morgan fingerprint density at radius 1 is 1.47 bits per heavy atom. The maximum absolute atomic E-state index is 13.4. The smallest absolute Gasteiger partial charge is 0.146 e. The minimum Gasteiger partial charge on any atom is -0.366 e. The van der Waals surface area contributed by atoms with Gasteiger partial charge in [0.15, 0.2) is 0 Å². The Kier molecular flexibility index (Phi) is 2.33. The first kappa shape index (κ1) is 9.94. The van der Waals surface area contributed by atoms with E-state index < -0.39 is 5.54 Å². The van der Waals surface area contributed by atoms with Crippen LogP contribution in [-0.4, -0.2) is 18.6 Å². The van der Waals surface area contributed by atoms with E-state index in [-0.39, 0.29) is 5.82 Å². The molecule has 1 fully saturated rings. The van der Waals surface area contributed by atoms with Crippen LogP contribution in [0.1, 0.15) is 6.42 Å². The SMILES string of the molecule is N#CC1(N)CCN(c2ccccc2F)C1. The van der Waals surface area contributed by atoms with Crippen LogP contribution in [-0.2, 0) is 0 Å². The fourth-order valence-corrected chi connectivity index (χ4v) is 1.84. The number of rotatable bonds is 1. The quantitative estimate of drug-likeness (QED) is 0.750. The highest BCUT2D eigenvalue weighted by Crippen LogP contribution is 2.26. The van der Waals surface area contributed by atoms with Gasteiger partial charge in [-0.2, -0.15) is 5.26 Å². The molecule has 78 valence electrons. The average molecular weight is 205 g/mol. The molecule has 1 heterocycles. The Morgan fingerprint density at radius 2 is 2.20 bits per heavy atom. The van der Waals surface area contributed by atoms with Crippen molar-refractivity contribution < 1.29 is 4.39 Å². The molecular formula is C11H12FN3. The van der Waals surface area contributed by atoms with Crippen molar-refractivity contribution in [2.75, 3.05) is 18.0 Å². The lowest BCUT2D eigenvalue weighted by Crippen LogP contribution is -2.41. The fraction of sp³-hybridized carbons (Fsp3) is 0.364. The van der Waals surface area contributed by atoms with E-state index in [0.29, 0.717) is 25.2 Å². The van der Waals surface area contributed by atoms with E-state index >= 15 is 0 Å². The Labute approximate surface area is 87.9 Å². The zero-order chi connectivity index (χ0) is 10.9. The molecule has 0 saturated carbocycles. The van der Waals surface area contributed by atoms with Crippen LogP contribution in [0.15, 0.2) is 24.3 Å². The molecule has 0 aromatic heterocycles. The molecule has 0 amide bonds. The van der Waals surface area contributed by atoms with Gasteiger partial charge in [-0.3, -0.25) is 0 Å². The number of anilines is 1. The minimum atomic E-state index is -0.831. The standard InChI is InChI=1S/C11H12FN3/c12-9-3-1-2-4-10(9)15-6-5-11(14,7-13)8-15/h1-4H,5-6,8,14H2. The number of hydrogen-bond acceptors (Lipinski definition) is 3. The van der Waals surface area contributed by atoms with Crippen molar-refractivity contribution in [1.29, 1.82) is 5.26 Å². The van der Waals surface area contributed by atoms with Gasteiger partial charge < -0.3 is 10.6 Å². The molecule has 4 heteroatoms. The summed E-state index contributed by atoms with van der Waals surface area (Å²) in [7, 11) is 0. The van der Waals surface area contributed by atoms with Gasteiger partial charge in [0.25, 0.3) is 0 Å². The van der Waals surface area contributed by atoms with Gasteiger partial charge in [-0.25, -0.2) is 4.39 Å². The second kappa shape index (κ2) is 3.52. The zero-order valence-electron chi connectivity index (χ0n) is 8.28. The molecule has 3 nitrogen and oxygen atoms in total. The van der Waals surface area contributed by atoms with Crippen LogP contribution >= 0.6 is 0 Å². The molecule has 1 aromatic carbocycles. The lowest BCUT2D eigenvalue weighted by Gasteiger charge is -2.20. The third-order valence-electron chi connectivity index (χ3n) is 2.72. The largest absolute Gasteiger partial charge is 0.366 e. The van der Waals surface area contributed by atoms with Crippen LogP contribution in [0, 0.1) is 17.1 Å². The Morgan fingerprint density at radius 3 is 2.80 bits per heavy atom. The maximum atomic E-state index is 13.4. The maximum Gasteiger partial charge on any atom is 0.146 e. The van der Waals surface area contributed by atoms with Crippen molar-refractivity contribution in [2.45, 2.75) is 12.0 Å². The number of para-hydroxylation sites is 1. The Hall–Kier alpha value is -1.60. The molecule has 1 aliphatic rings. The van der Waals surface area contributed by atoms with E-state index in [1.807, 2.05) is 4.90 Å². The second-order valence-corrected chi connectivity index (χ2v) is 3.89. The van der Waals surface area contributed by atoms with Crippen LogP contribution in [0.3, 0.4) is 0 Å². The molecule has 0 bridgehead atoms. The van der Waals surface area contributed by atoms with Crippen molar-refractivity contribution in [1.82, 2.24) is 0 Å². The van der Waals surface area contributed by atoms with E-state index in [2.05, 4.69) is 6.07 Å². The van der Waals surface area contributed by atoms with Gasteiger partial charge in [-0.1, -0.05) is 12.1 Å². The summed E-state index contributed by atoms with van der Waals surface area (Å²) in [6.07, 6.45) is 0.581. The van der Waals surface area contributed by atoms with Gasteiger partial charge in [-0.05, 0) is 18.6 Å². The zero-order valence-corrected chi connectivity index (χ0v) is 8.28. The number of nitriles is 1. The van der Waals surface area contributed by atoms with Gasteiger partial charge in [0.2, 0.25) is 0 Å². The molecule has 0 radical (unpaired) electrons. The summed E-state index contributed by atoms with van der Waals surface area (Å²) in [6.45, 7) is 1.02. The van der Waals surface area contributed by atoms with Crippen LogP contribution in [0.25, 0.3) is 0 Å². The van der Waals surface area contributed by atoms with Gasteiger partial charge >= 0.3 is 0 Å². The van der Waals surface area contributed by atoms with E-state index in [9.17, 15) is 4.39 Å². The number of halogens is 1. The van der Waals surface area contributed by atoms with Crippen molar-refractivity contribution in [2.24, 2.45) is 5.73 Å². The van der Waals surface area contributed by atoms with Gasteiger partial charge in [0.05, 0.1) is 11.8 Å². The number of nitrogens with two attached hydrogens (primary N) is 1. The van der Waals surface area contributed by atoms with Crippen LogP contribution < -0.4 is 10.6 Å². The monoisotopic (exact) mass is 205 g/mol. The molecule has 1 aliphatic heterocycles. The van der Waals surface area contributed by atoms with Crippen LogP contribution in [0.4, 0.5) is 10.1 Å². The molecule has 2 N–H and O–H groups in total. The molecule has 0 spiro atoms. The fourth-order valence-electron chi connectivity index (χ4n) is 1.84. The number of nitrogens with zero attached hydrogens (tertiary/aromatic N) is 2. The van der Waals surface area contributed by atoms with E-state index in [4.69, 9.17) is 11.0 Å². The molecule has 15 heavy (non-hydrogen) atoms. The van der Waals surface area contributed by atoms with Crippen LogP contribution in [0.2, 0.25) is 0 Å². The number of benzene rings is 1. The Bertz CT molecular complexity index is 413. The molecule has 2 rings (SSSR count). The Balaban J connectivity index is 2.23. The van der Waals surface area contributed by atoms with Gasteiger partial charge in [0.1, 0.15) is 11.4 Å². The molecule has 1 atom stereocenters. The minimum absolute atomic E-state index is 0.264. The summed E-state index contributed by atoms with van der Waals surface area (Å²) < 4.78 is 13.4. The van der Waals surface area contributed by atoms with E-state index in [1.54, 1.807) is 18.2 Å². The topological polar surface area (TPSA) is 53.1 Å². The second-order valence-electron chi connectivity index (χ2n) is 3.89. The van der Waals surface area contributed by atoms with Crippen molar-refractivity contribution in [3.05, 3.63) is 30.1 Å². The molecule has 1 aromatic rings. The summed E-state index contributed by atoms with van der Waals surface area (Å²) in [4.78, 5) is 1.82. The molecule has 1 saturated heterocycles. The summed E-state index contributed by atoms with van der Waals surface area (Å²) in [5.41, 5.74) is 5.51. The first-order valence-electron chi connectivity index (χ1n) is 4.84. The summed E-state index contributed by atoms with van der Waals surface area (Å²) in [5, 5.41) is 8.86. The van der Waals surface area contributed by atoms with Crippen LogP contribution in [0.5, 0.6) is 0 Å². The highest BCUT2D eigenvalue weighted by atomic mass is 19.1. The summed E-state index contributed by atoms with van der Waals surface area (Å²) in [6, 6.07) is 8.62. The van der Waals surface area contributed by atoms with E-state index in [1.165, 1.54) is 6.07 Å². The molecule has 0 aliphatic carbocycles. The normalized spacial score (nSPS) is 25.3. The van der Waals surface area contributed by atoms with Gasteiger partial charge in [0, 0.05) is 13.1 Å².